The Kier molecular flexibility index (Phi) is 16.9. The number of carbonyl (C=O) groups is 2. The average Bonchev–Trinajstić information content (AvgIpc) is 3.23. The Bertz CT molecular complexity index is 2330. The molecule has 2 amide bonds. The van der Waals surface area contributed by atoms with Crippen molar-refractivity contribution >= 4 is 28.1 Å². The van der Waals surface area contributed by atoms with Gasteiger partial charge in [-0.1, -0.05) is 79.2 Å². The highest BCUT2D eigenvalue weighted by Gasteiger charge is 2.36. The van der Waals surface area contributed by atoms with E-state index >= 15 is 0 Å². The van der Waals surface area contributed by atoms with E-state index in [-0.39, 0.29) is 37.1 Å². The van der Waals surface area contributed by atoms with Gasteiger partial charge < -0.3 is 28.4 Å². The molecule has 1 aromatic heterocycles. The maximum atomic E-state index is 13.9. The van der Waals surface area contributed by atoms with Gasteiger partial charge in [0.25, 0.3) is 10.1 Å². The molecule has 0 saturated carbocycles. The van der Waals surface area contributed by atoms with Gasteiger partial charge in [-0.05, 0) is 114 Å². The van der Waals surface area contributed by atoms with Crippen molar-refractivity contribution in [2.75, 3.05) is 44.5 Å². The summed E-state index contributed by atoms with van der Waals surface area (Å²) in [6, 6.07) is 31.3. The van der Waals surface area contributed by atoms with Crippen molar-refractivity contribution in [3.63, 3.8) is 0 Å². The SMILES string of the molecule is CCc1c(-c2ccc(OCCOCCOCCOS(=O)(=O)c3ccc(C)cc3)cc2)cnc(N(C(=O)OC(C)(C)C)C(=O)OC(C)(C)C)c1-c1ccc(OCc2ccccc2)cc1. The minimum absolute atomic E-state index is 0.0711. The van der Waals surface area contributed by atoms with E-state index in [1.165, 1.54) is 12.1 Å². The predicted octanol–water partition coefficient (Wildman–Crippen LogP) is 10.4. The van der Waals surface area contributed by atoms with Gasteiger partial charge in [-0.2, -0.15) is 13.3 Å². The van der Waals surface area contributed by atoms with E-state index in [1.54, 1.807) is 59.9 Å². The molecule has 14 heteroatoms. The molecule has 63 heavy (non-hydrogen) atoms. The van der Waals surface area contributed by atoms with Gasteiger partial charge in [-0.15, -0.1) is 0 Å². The van der Waals surface area contributed by atoms with Gasteiger partial charge in [0.1, 0.15) is 35.9 Å². The van der Waals surface area contributed by atoms with E-state index in [1.807, 2.05) is 92.7 Å². The van der Waals surface area contributed by atoms with Crippen LogP contribution in [-0.4, -0.2) is 76.4 Å². The molecule has 0 spiro atoms. The van der Waals surface area contributed by atoms with Gasteiger partial charge in [-0.3, -0.25) is 4.18 Å². The molecule has 0 unspecified atom stereocenters. The summed E-state index contributed by atoms with van der Waals surface area (Å²) < 4.78 is 64.3. The number of anilines is 1. The Morgan fingerprint density at radius 2 is 1.16 bits per heavy atom. The Balaban J connectivity index is 1.28. The van der Waals surface area contributed by atoms with Crippen LogP contribution in [0.4, 0.5) is 15.4 Å². The van der Waals surface area contributed by atoms with Gasteiger partial charge in [0.15, 0.2) is 5.82 Å². The second kappa shape index (κ2) is 22.0. The fraction of sp³-hybridized carbons (Fsp3) is 0.367. The first kappa shape index (κ1) is 48.2. The monoisotopic (exact) mass is 882 g/mol. The number of hydrogen-bond donors (Lipinski definition) is 0. The lowest BCUT2D eigenvalue weighted by Crippen LogP contribution is -2.44. The van der Waals surface area contributed by atoms with Crippen LogP contribution in [0.1, 0.15) is 65.2 Å². The number of carbonyl (C=O) groups excluding carboxylic acids is 2. The summed E-state index contributed by atoms with van der Waals surface area (Å²) in [4.78, 5) is 33.6. The van der Waals surface area contributed by atoms with Gasteiger partial charge in [-0.25, -0.2) is 14.6 Å². The van der Waals surface area contributed by atoms with E-state index in [0.717, 1.165) is 32.7 Å². The van der Waals surface area contributed by atoms with Crippen LogP contribution < -0.4 is 14.4 Å². The highest BCUT2D eigenvalue weighted by atomic mass is 32.2. The number of imide groups is 1. The molecule has 0 bridgehead atoms. The van der Waals surface area contributed by atoms with Crippen LogP contribution in [0.15, 0.2) is 114 Å². The third-order valence-electron chi connectivity index (χ3n) is 9.08. The molecule has 1 heterocycles. The van der Waals surface area contributed by atoms with Gasteiger partial charge in [0, 0.05) is 17.3 Å². The molecule has 336 valence electrons. The zero-order valence-corrected chi connectivity index (χ0v) is 38.2. The van der Waals surface area contributed by atoms with Crippen LogP contribution in [-0.2, 0) is 46.3 Å². The standard InChI is InChI=1S/C49H58N2O11S/c1-9-42-43(37-17-21-39(22-18-37)58-31-29-56-27-28-57-30-32-60-63(54,55)41-25-15-35(2)16-26-41)33-50-45(51(46(52)61-48(3,4)5)47(53)62-49(6,7)8)44(42)38-19-23-40(24-20-38)59-34-36-13-11-10-12-14-36/h10-26,33H,9,27-32,34H2,1-8H3. The zero-order chi connectivity index (χ0) is 45.6. The molecule has 0 aliphatic heterocycles. The smallest absolute Gasteiger partial charge is 0.425 e. The zero-order valence-electron chi connectivity index (χ0n) is 37.3. The summed E-state index contributed by atoms with van der Waals surface area (Å²) in [5, 5.41) is 0. The van der Waals surface area contributed by atoms with Crippen molar-refractivity contribution in [2.24, 2.45) is 0 Å². The number of aromatic nitrogens is 1. The summed E-state index contributed by atoms with van der Waals surface area (Å²) in [6.45, 7) is 15.8. The molecule has 0 saturated heterocycles. The van der Waals surface area contributed by atoms with E-state index in [4.69, 9.17) is 37.6 Å². The highest BCUT2D eigenvalue weighted by molar-refractivity contribution is 7.86. The van der Waals surface area contributed by atoms with Crippen molar-refractivity contribution in [2.45, 2.75) is 84.5 Å². The summed E-state index contributed by atoms with van der Waals surface area (Å²) in [7, 11) is -3.84. The van der Waals surface area contributed by atoms with Crippen LogP contribution in [0.2, 0.25) is 0 Å². The minimum Gasteiger partial charge on any atom is -0.491 e. The molecule has 0 aliphatic carbocycles. The molecule has 0 N–H and O–H groups in total. The first-order valence-corrected chi connectivity index (χ1v) is 22.2. The molecule has 13 nitrogen and oxygen atoms in total. The topological polar surface area (TPSA) is 149 Å². The molecule has 4 aromatic carbocycles. The van der Waals surface area contributed by atoms with E-state index < -0.39 is 33.5 Å². The predicted molar refractivity (Wildman–Crippen MR) is 242 cm³/mol. The molecule has 0 atom stereocenters. The minimum atomic E-state index is -3.84. The van der Waals surface area contributed by atoms with Gasteiger partial charge in [0.05, 0.1) is 37.9 Å². The summed E-state index contributed by atoms with van der Waals surface area (Å²) >= 11 is 0. The van der Waals surface area contributed by atoms with Crippen molar-refractivity contribution in [1.82, 2.24) is 4.98 Å². The second-order valence-corrected chi connectivity index (χ2v) is 18.1. The van der Waals surface area contributed by atoms with Crippen molar-refractivity contribution < 1.29 is 50.6 Å². The molecular weight excluding hydrogens is 825 g/mol. The number of hydrogen-bond acceptors (Lipinski definition) is 12. The summed E-state index contributed by atoms with van der Waals surface area (Å²) in [6.07, 6.45) is 0.329. The highest BCUT2D eigenvalue weighted by Crippen LogP contribution is 2.40. The maximum Gasteiger partial charge on any atom is 0.425 e. The van der Waals surface area contributed by atoms with E-state index in [9.17, 15) is 18.0 Å². The van der Waals surface area contributed by atoms with E-state index in [0.29, 0.717) is 48.9 Å². The quantitative estimate of drug-likeness (QED) is 0.0574. The molecule has 0 aliphatic rings. The number of rotatable bonds is 19. The number of nitrogens with zero attached hydrogens (tertiary/aromatic N) is 2. The summed E-state index contributed by atoms with van der Waals surface area (Å²) in [5.41, 5.74) is 3.87. The van der Waals surface area contributed by atoms with Crippen LogP contribution in [0.3, 0.4) is 0 Å². The maximum absolute atomic E-state index is 13.9. The largest absolute Gasteiger partial charge is 0.491 e. The number of pyridine rings is 1. The van der Waals surface area contributed by atoms with Gasteiger partial charge >= 0.3 is 12.2 Å². The lowest BCUT2D eigenvalue weighted by atomic mass is 9.91. The normalized spacial score (nSPS) is 11.8. The Morgan fingerprint density at radius 1 is 0.635 bits per heavy atom. The third-order valence-corrected chi connectivity index (χ3v) is 10.4. The van der Waals surface area contributed by atoms with Crippen LogP contribution in [0.5, 0.6) is 11.5 Å². The molecular formula is C49H58N2O11S. The molecule has 0 fully saturated rings. The Labute approximate surface area is 371 Å². The van der Waals surface area contributed by atoms with Crippen molar-refractivity contribution in [1.29, 1.82) is 0 Å². The lowest BCUT2D eigenvalue weighted by molar-refractivity contribution is 0.0279. The van der Waals surface area contributed by atoms with E-state index in [2.05, 4.69) is 0 Å². The molecule has 5 aromatic rings. The first-order chi connectivity index (χ1) is 29.9. The Hall–Kier alpha value is -5.80. The average molecular weight is 883 g/mol. The number of benzene rings is 4. The molecule has 5 rings (SSSR count). The summed E-state index contributed by atoms with van der Waals surface area (Å²) in [5.74, 6) is 1.34. The van der Waals surface area contributed by atoms with Gasteiger partial charge in [0.2, 0.25) is 0 Å². The fourth-order valence-corrected chi connectivity index (χ4v) is 7.09. The van der Waals surface area contributed by atoms with Crippen molar-refractivity contribution in [3.8, 4) is 33.8 Å². The third kappa shape index (κ3) is 14.6. The van der Waals surface area contributed by atoms with Crippen LogP contribution in [0.25, 0.3) is 22.3 Å². The number of amides is 2. The van der Waals surface area contributed by atoms with Crippen LogP contribution >= 0.6 is 0 Å². The fourth-order valence-electron chi connectivity index (χ4n) is 6.19. The lowest BCUT2D eigenvalue weighted by Gasteiger charge is -2.30. The molecule has 0 radical (unpaired) electrons. The first-order valence-electron chi connectivity index (χ1n) is 20.8. The van der Waals surface area contributed by atoms with Crippen molar-refractivity contribution in [3.05, 3.63) is 126 Å². The second-order valence-electron chi connectivity index (χ2n) is 16.5. The Morgan fingerprint density at radius 3 is 1.71 bits per heavy atom. The van der Waals surface area contributed by atoms with Crippen LogP contribution in [0, 0.1) is 6.92 Å². The number of ether oxygens (including phenoxy) is 6. The number of aryl methyl sites for hydroxylation is 1.